The molecule has 23 heavy (non-hydrogen) atoms. The minimum absolute atomic E-state index is 0.186. The molecule has 0 radical (unpaired) electrons. The molecule has 2 atom stereocenters. The zero-order valence-electron chi connectivity index (χ0n) is 12.6. The average molecular weight is 347 g/mol. The second-order valence-corrected chi connectivity index (χ2v) is 6.05. The Kier molecular flexibility index (Phi) is 5.01. The quantitative estimate of drug-likeness (QED) is 0.608. The first kappa shape index (κ1) is 16.1. The van der Waals surface area contributed by atoms with E-state index in [0.717, 1.165) is 11.1 Å². The Labute approximate surface area is 145 Å². The summed E-state index contributed by atoms with van der Waals surface area (Å²) in [5.41, 5.74) is 1.91. The highest BCUT2D eigenvalue weighted by molar-refractivity contribution is 6.35. The molecule has 0 bridgehead atoms. The van der Waals surface area contributed by atoms with Crippen molar-refractivity contribution in [3.8, 4) is 0 Å². The van der Waals surface area contributed by atoms with Gasteiger partial charge in [-0.1, -0.05) is 59.6 Å². The minimum Gasteiger partial charge on any atom is -0.346 e. The molecular weight excluding hydrogens is 331 g/mol. The van der Waals surface area contributed by atoms with Gasteiger partial charge in [0.05, 0.1) is 6.33 Å². The van der Waals surface area contributed by atoms with Crippen LogP contribution in [-0.2, 0) is 4.74 Å². The highest BCUT2D eigenvalue weighted by atomic mass is 35.5. The maximum atomic E-state index is 6.40. The molecule has 1 heterocycles. The lowest BCUT2D eigenvalue weighted by atomic mass is 10.0. The first-order chi connectivity index (χ1) is 11.1. The Morgan fingerprint density at radius 3 is 2.52 bits per heavy atom. The lowest BCUT2D eigenvalue weighted by molar-refractivity contribution is -0.0251. The molecule has 5 heteroatoms. The van der Waals surface area contributed by atoms with E-state index < -0.39 is 0 Å². The van der Waals surface area contributed by atoms with Crippen molar-refractivity contribution in [2.75, 3.05) is 0 Å². The molecule has 118 valence electrons. The molecular formula is C18H16Cl2N2O. The summed E-state index contributed by atoms with van der Waals surface area (Å²) in [7, 11) is 0. The van der Waals surface area contributed by atoms with E-state index in [-0.39, 0.29) is 12.3 Å². The second-order valence-electron chi connectivity index (χ2n) is 5.20. The van der Waals surface area contributed by atoms with Crippen LogP contribution >= 0.6 is 23.2 Å². The van der Waals surface area contributed by atoms with E-state index in [1.807, 2.05) is 60.2 Å². The molecule has 2 unspecified atom stereocenters. The largest absolute Gasteiger partial charge is 0.346 e. The Morgan fingerprint density at radius 1 is 1.09 bits per heavy atom. The van der Waals surface area contributed by atoms with Gasteiger partial charge in [-0.25, -0.2) is 4.98 Å². The van der Waals surface area contributed by atoms with Crippen LogP contribution in [0.3, 0.4) is 0 Å². The predicted molar refractivity (Wildman–Crippen MR) is 92.8 cm³/mol. The second kappa shape index (κ2) is 7.18. The zero-order chi connectivity index (χ0) is 16.2. The average Bonchev–Trinajstić information content (AvgIpc) is 3.08. The first-order valence-electron chi connectivity index (χ1n) is 7.28. The van der Waals surface area contributed by atoms with E-state index in [1.165, 1.54) is 0 Å². The van der Waals surface area contributed by atoms with E-state index in [1.54, 1.807) is 18.6 Å². The van der Waals surface area contributed by atoms with Gasteiger partial charge in [-0.2, -0.15) is 0 Å². The molecule has 0 fully saturated rings. The fraction of sp³-hybridized carbons (Fsp3) is 0.167. The number of hydrogen-bond acceptors (Lipinski definition) is 2. The van der Waals surface area contributed by atoms with Crippen molar-refractivity contribution < 1.29 is 4.74 Å². The number of halogens is 2. The molecule has 0 saturated carbocycles. The van der Waals surface area contributed by atoms with Gasteiger partial charge in [0.1, 0.15) is 12.3 Å². The Bertz CT molecular complexity index is 760. The highest BCUT2D eigenvalue weighted by Gasteiger charge is 2.21. The van der Waals surface area contributed by atoms with Gasteiger partial charge in [0, 0.05) is 28.0 Å². The van der Waals surface area contributed by atoms with Crippen molar-refractivity contribution in [3.63, 3.8) is 0 Å². The summed E-state index contributed by atoms with van der Waals surface area (Å²) in [5, 5.41) is 1.19. The smallest absolute Gasteiger partial charge is 0.133 e. The summed E-state index contributed by atoms with van der Waals surface area (Å²) >= 11 is 12.4. The molecule has 2 aromatic carbocycles. The van der Waals surface area contributed by atoms with Gasteiger partial charge in [0.15, 0.2) is 0 Å². The van der Waals surface area contributed by atoms with Crippen molar-refractivity contribution in [2.24, 2.45) is 0 Å². The summed E-state index contributed by atoms with van der Waals surface area (Å²) in [6, 6.07) is 15.5. The van der Waals surface area contributed by atoms with Crippen molar-refractivity contribution in [3.05, 3.63) is 88.4 Å². The van der Waals surface area contributed by atoms with Crippen LogP contribution < -0.4 is 0 Å². The van der Waals surface area contributed by atoms with Gasteiger partial charge in [0.25, 0.3) is 0 Å². The third kappa shape index (κ3) is 3.75. The number of aromatic nitrogens is 2. The van der Waals surface area contributed by atoms with E-state index in [9.17, 15) is 0 Å². The molecule has 0 aliphatic rings. The SMILES string of the molecule is CC(OC(c1ccccc1)c1ccc(Cl)cc1Cl)n1ccnc1. The highest BCUT2D eigenvalue weighted by Crippen LogP contribution is 2.35. The molecule has 0 N–H and O–H groups in total. The fourth-order valence-electron chi connectivity index (χ4n) is 2.43. The molecule has 0 amide bonds. The predicted octanol–water partition coefficient (Wildman–Crippen LogP) is 5.51. The lowest BCUT2D eigenvalue weighted by Crippen LogP contribution is -2.14. The normalized spacial score (nSPS) is 13.7. The number of hydrogen-bond donors (Lipinski definition) is 0. The fourth-order valence-corrected chi connectivity index (χ4v) is 2.93. The van der Waals surface area contributed by atoms with Crippen LogP contribution in [-0.4, -0.2) is 9.55 Å². The van der Waals surface area contributed by atoms with E-state index in [4.69, 9.17) is 27.9 Å². The maximum absolute atomic E-state index is 6.40. The molecule has 3 aromatic rings. The maximum Gasteiger partial charge on any atom is 0.133 e. The number of nitrogens with zero attached hydrogens (tertiary/aromatic N) is 2. The van der Waals surface area contributed by atoms with Crippen LogP contribution in [0.2, 0.25) is 10.0 Å². The molecule has 0 spiro atoms. The monoisotopic (exact) mass is 346 g/mol. The molecule has 3 nitrogen and oxygen atoms in total. The number of imidazole rings is 1. The first-order valence-corrected chi connectivity index (χ1v) is 8.03. The Hall–Kier alpha value is -1.81. The summed E-state index contributed by atoms with van der Waals surface area (Å²) in [4.78, 5) is 4.06. The van der Waals surface area contributed by atoms with Gasteiger partial charge in [-0.05, 0) is 24.6 Å². The van der Waals surface area contributed by atoms with E-state index >= 15 is 0 Å². The third-order valence-corrected chi connectivity index (χ3v) is 4.19. The molecule has 1 aromatic heterocycles. The third-order valence-electron chi connectivity index (χ3n) is 3.63. The summed E-state index contributed by atoms with van der Waals surface area (Å²) in [6.45, 7) is 1.97. The summed E-state index contributed by atoms with van der Waals surface area (Å²) < 4.78 is 8.19. The molecule has 3 rings (SSSR count). The number of ether oxygens (including phenoxy) is 1. The van der Waals surface area contributed by atoms with E-state index in [0.29, 0.717) is 10.0 Å². The topological polar surface area (TPSA) is 27.1 Å². The molecule has 0 saturated heterocycles. The minimum atomic E-state index is -0.293. The number of rotatable bonds is 5. The Balaban J connectivity index is 1.97. The molecule has 0 aliphatic heterocycles. The van der Waals surface area contributed by atoms with Crippen molar-refractivity contribution >= 4 is 23.2 Å². The van der Waals surface area contributed by atoms with Gasteiger partial charge in [-0.15, -0.1) is 0 Å². The standard InChI is InChI=1S/C18H16Cl2N2O/c1-13(22-10-9-21-12-22)23-18(14-5-3-2-4-6-14)16-8-7-15(19)11-17(16)20/h2-13,18H,1H3. The van der Waals surface area contributed by atoms with Gasteiger partial charge in [-0.3, -0.25) is 0 Å². The lowest BCUT2D eigenvalue weighted by Gasteiger charge is -2.25. The van der Waals surface area contributed by atoms with Gasteiger partial charge < -0.3 is 9.30 Å². The van der Waals surface area contributed by atoms with Crippen LogP contribution in [0, 0.1) is 0 Å². The summed E-state index contributed by atoms with van der Waals surface area (Å²) in [6.07, 6.45) is 4.85. The molecule has 0 aliphatic carbocycles. The van der Waals surface area contributed by atoms with Gasteiger partial charge in [0.2, 0.25) is 0 Å². The van der Waals surface area contributed by atoms with Crippen LogP contribution in [0.5, 0.6) is 0 Å². The van der Waals surface area contributed by atoms with Crippen molar-refractivity contribution in [1.82, 2.24) is 9.55 Å². The van der Waals surface area contributed by atoms with Gasteiger partial charge >= 0.3 is 0 Å². The van der Waals surface area contributed by atoms with Crippen molar-refractivity contribution in [2.45, 2.75) is 19.3 Å². The van der Waals surface area contributed by atoms with Crippen molar-refractivity contribution in [1.29, 1.82) is 0 Å². The zero-order valence-corrected chi connectivity index (χ0v) is 14.1. The van der Waals surface area contributed by atoms with Crippen LogP contribution in [0.1, 0.15) is 30.4 Å². The summed E-state index contributed by atoms with van der Waals surface area (Å²) in [5.74, 6) is 0. The van der Waals surface area contributed by atoms with Crippen LogP contribution in [0.4, 0.5) is 0 Å². The Morgan fingerprint density at radius 2 is 1.87 bits per heavy atom. The van der Waals surface area contributed by atoms with Crippen LogP contribution in [0.15, 0.2) is 67.3 Å². The van der Waals surface area contributed by atoms with Crippen LogP contribution in [0.25, 0.3) is 0 Å². The number of benzene rings is 2. The van der Waals surface area contributed by atoms with E-state index in [2.05, 4.69) is 4.98 Å².